The summed E-state index contributed by atoms with van der Waals surface area (Å²) in [5.74, 6) is 0.852. The van der Waals surface area contributed by atoms with Crippen molar-refractivity contribution in [1.29, 1.82) is 0 Å². The molecule has 0 aromatic heterocycles. The van der Waals surface area contributed by atoms with Gasteiger partial charge in [0.2, 0.25) is 0 Å². The third-order valence-electron chi connectivity index (χ3n) is 2.98. The van der Waals surface area contributed by atoms with E-state index in [0.29, 0.717) is 6.61 Å². The van der Waals surface area contributed by atoms with E-state index in [0.717, 1.165) is 21.5 Å². The second kappa shape index (κ2) is 6.71. The van der Waals surface area contributed by atoms with Gasteiger partial charge in [-0.15, -0.1) is 0 Å². The van der Waals surface area contributed by atoms with Crippen molar-refractivity contribution in [3.63, 3.8) is 0 Å². The maximum atomic E-state index is 5.62. The number of benzene rings is 2. The van der Waals surface area contributed by atoms with Crippen molar-refractivity contribution in [2.75, 3.05) is 6.61 Å². The van der Waals surface area contributed by atoms with Gasteiger partial charge in [0.15, 0.2) is 0 Å². The first-order valence-electron chi connectivity index (χ1n) is 6.64. The van der Waals surface area contributed by atoms with Gasteiger partial charge in [-0.3, -0.25) is 4.99 Å². The Hall–Kier alpha value is -1.61. The molecular weight excluding hydrogens is 314 g/mol. The standard InChI is InChI=1S/C17H18BrNO/c1-4-20-17-8-7-15(18)10-14(17)11-19-16-9-12(2)5-6-13(16)3/h5-11H,4H2,1-3H3. The molecule has 3 heteroatoms. The fourth-order valence-electron chi connectivity index (χ4n) is 1.90. The van der Waals surface area contributed by atoms with E-state index in [1.165, 1.54) is 11.1 Å². The smallest absolute Gasteiger partial charge is 0.128 e. The summed E-state index contributed by atoms with van der Waals surface area (Å²) in [6.45, 7) is 6.76. The zero-order valence-corrected chi connectivity index (χ0v) is 13.6. The molecule has 0 amide bonds. The maximum Gasteiger partial charge on any atom is 0.128 e. The Morgan fingerprint density at radius 3 is 2.70 bits per heavy atom. The summed E-state index contributed by atoms with van der Waals surface area (Å²) in [6.07, 6.45) is 1.86. The Morgan fingerprint density at radius 1 is 1.15 bits per heavy atom. The van der Waals surface area contributed by atoms with E-state index in [-0.39, 0.29) is 0 Å². The minimum Gasteiger partial charge on any atom is -0.493 e. The molecule has 0 saturated heterocycles. The number of nitrogens with zero attached hydrogens (tertiary/aromatic N) is 1. The molecule has 0 atom stereocenters. The van der Waals surface area contributed by atoms with E-state index in [4.69, 9.17) is 4.74 Å². The molecule has 2 rings (SSSR count). The first-order chi connectivity index (χ1) is 9.60. The molecule has 0 heterocycles. The van der Waals surface area contributed by atoms with E-state index in [2.05, 4.69) is 53.0 Å². The van der Waals surface area contributed by atoms with Gasteiger partial charge in [-0.05, 0) is 56.2 Å². The Morgan fingerprint density at radius 2 is 1.95 bits per heavy atom. The van der Waals surface area contributed by atoms with Gasteiger partial charge in [0.1, 0.15) is 5.75 Å². The molecule has 0 aliphatic heterocycles. The van der Waals surface area contributed by atoms with Crippen LogP contribution < -0.4 is 4.74 Å². The molecule has 2 aromatic carbocycles. The first kappa shape index (κ1) is 14.8. The third kappa shape index (κ3) is 3.70. The number of rotatable bonds is 4. The normalized spacial score (nSPS) is 11.0. The third-order valence-corrected chi connectivity index (χ3v) is 3.47. The molecular formula is C17H18BrNO. The van der Waals surface area contributed by atoms with Crippen molar-refractivity contribution in [1.82, 2.24) is 0 Å². The van der Waals surface area contributed by atoms with Gasteiger partial charge in [0.05, 0.1) is 12.3 Å². The van der Waals surface area contributed by atoms with Crippen molar-refractivity contribution in [3.8, 4) is 5.75 Å². The predicted molar refractivity (Wildman–Crippen MR) is 88.5 cm³/mol. The van der Waals surface area contributed by atoms with Gasteiger partial charge in [-0.25, -0.2) is 0 Å². The summed E-state index contributed by atoms with van der Waals surface area (Å²) in [4.78, 5) is 4.60. The van der Waals surface area contributed by atoms with Crippen LogP contribution in [0.2, 0.25) is 0 Å². The summed E-state index contributed by atoms with van der Waals surface area (Å²) in [5, 5.41) is 0. The summed E-state index contributed by atoms with van der Waals surface area (Å²) in [7, 11) is 0. The van der Waals surface area contributed by atoms with E-state index in [1.807, 2.05) is 31.3 Å². The lowest BCUT2D eigenvalue weighted by Gasteiger charge is -2.07. The highest BCUT2D eigenvalue weighted by molar-refractivity contribution is 9.10. The second-order valence-corrected chi connectivity index (χ2v) is 5.58. The summed E-state index contributed by atoms with van der Waals surface area (Å²) in [5.41, 5.74) is 4.34. The van der Waals surface area contributed by atoms with E-state index < -0.39 is 0 Å². The average Bonchev–Trinajstić information content (AvgIpc) is 2.42. The molecule has 0 N–H and O–H groups in total. The second-order valence-electron chi connectivity index (χ2n) is 4.66. The van der Waals surface area contributed by atoms with Crippen LogP contribution in [0.4, 0.5) is 5.69 Å². The van der Waals surface area contributed by atoms with Crippen LogP contribution in [-0.2, 0) is 0 Å². The minimum atomic E-state index is 0.645. The molecule has 0 aliphatic carbocycles. The van der Waals surface area contributed by atoms with Gasteiger partial charge in [-0.1, -0.05) is 28.1 Å². The molecule has 0 bridgehead atoms. The van der Waals surface area contributed by atoms with Crippen LogP contribution in [0.1, 0.15) is 23.6 Å². The molecule has 0 radical (unpaired) electrons. The fourth-order valence-corrected chi connectivity index (χ4v) is 2.28. The van der Waals surface area contributed by atoms with Gasteiger partial charge >= 0.3 is 0 Å². The van der Waals surface area contributed by atoms with Gasteiger partial charge in [0, 0.05) is 16.3 Å². The van der Waals surface area contributed by atoms with Gasteiger partial charge < -0.3 is 4.74 Å². The van der Waals surface area contributed by atoms with Crippen molar-refractivity contribution in [2.45, 2.75) is 20.8 Å². The van der Waals surface area contributed by atoms with E-state index in [9.17, 15) is 0 Å². The lowest BCUT2D eigenvalue weighted by atomic mass is 10.1. The highest BCUT2D eigenvalue weighted by Gasteiger charge is 2.02. The lowest BCUT2D eigenvalue weighted by Crippen LogP contribution is -1.96. The summed E-state index contributed by atoms with van der Waals surface area (Å²) in [6, 6.07) is 12.2. The number of halogens is 1. The zero-order valence-electron chi connectivity index (χ0n) is 12.0. The maximum absolute atomic E-state index is 5.62. The molecule has 0 unspecified atom stereocenters. The number of aliphatic imine (C=N–C) groups is 1. The van der Waals surface area contributed by atoms with Crippen LogP contribution in [0, 0.1) is 13.8 Å². The first-order valence-corrected chi connectivity index (χ1v) is 7.43. The van der Waals surface area contributed by atoms with Crippen molar-refractivity contribution >= 4 is 27.8 Å². The van der Waals surface area contributed by atoms with Gasteiger partial charge in [-0.2, -0.15) is 0 Å². The summed E-state index contributed by atoms with van der Waals surface area (Å²) < 4.78 is 6.64. The number of ether oxygens (including phenoxy) is 1. The minimum absolute atomic E-state index is 0.645. The molecule has 2 nitrogen and oxygen atoms in total. The highest BCUT2D eigenvalue weighted by atomic mass is 79.9. The van der Waals surface area contributed by atoms with E-state index >= 15 is 0 Å². The Kier molecular flexibility index (Phi) is 4.96. The molecule has 0 spiro atoms. The summed E-state index contributed by atoms with van der Waals surface area (Å²) >= 11 is 3.48. The predicted octanol–water partition coefficient (Wildman–Crippen LogP) is 5.22. The molecule has 0 saturated carbocycles. The zero-order chi connectivity index (χ0) is 14.5. The SMILES string of the molecule is CCOc1ccc(Br)cc1C=Nc1cc(C)ccc1C. The fraction of sp³-hybridized carbons (Fsp3) is 0.235. The van der Waals surface area contributed by atoms with Crippen LogP contribution in [0.3, 0.4) is 0 Å². The van der Waals surface area contributed by atoms with Crippen LogP contribution >= 0.6 is 15.9 Å². The van der Waals surface area contributed by atoms with Crippen LogP contribution in [-0.4, -0.2) is 12.8 Å². The molecule has 0 fully saturated rings. The Balaban J connectivity index is 2.35. The quantitative estimate of drug-likeness (QED) is 0.704. The molecule has 20 heavy (non-hydrogen) atoms. The number of aryl methyl sites for hydroxylation is 2. The monoisotopic (exact) mass is 331 g/mol. The van der Waals surface area contributed by atoms with Crippen LogP contribution in [0.5, 0.6) is 5.75 Å². The Labute approximate surface area is 128 Å². The lowest BCUT2D eigenvalue weighted by molar-refractivity contribution is 0.339. The molecule has 0 aliphatic rings. The van der Waals surface area contributed by atoms with Crippen molar-refractivity contribution in [2.24, 2.45) is 4.99 Å². The average molecular weight is 332 g/mol. The molecule has 2 aromatic rings. The largest absolute Gasteiger partial charge is 0.493 e. The Bertz CT molecular complexity index is 635. The van der Waals surface area contributed by atoms with E-state index in [1.54, 1.807) is 0 Å². The topological polar surface area (TPSA) is 21.6 Å². The van der Waals surface area contributed by atoms with Crippen LogP contribution in [0.15, 0.2) is 45.9 Å². The van der Waals surface area contributed by atoms with Crippen molar-refractivity contribution in [3.05, 3.63) is 57.6 Å². The number of hydrogen-bond donors (Lipinski definition) is 0. The number of hydrogen-bond acceptors (Lipinski definition) is 2. The van der Waals surface area contributed by atoms with Crippen molar-refractivity contribution < 1.29 is 4.74 Å². The molecule has 104 valence electrons. The van der Waals surface area contributed by atoms with Gasteiger partial charge in [0.25, 0.3) is 0 Å². The van der Waals surface area contributed by atoms with Crippen LogP contribution in [0.25, 0.3) is 0 Å². The highest BCUT2D eigenvalue weighted by Crippen LogP contribution is 2.24.